The topological polar surface area (TPSA) is 50.4 Å². The summed E-state index contributed by atoms with van der Waals surface area (Å²) in [5.74, 6) is 1.77. The van der Waals surface area contributed by atoms with Gasteiger partial charge >= 0.3 is 0 Å². The molecular weight excluding hydrogens is 242 g/mol. The summed E-state index contributed by atoms with van der Waals surface area (Å²) in [5.41, 5.74) is 7.10. The predicted octanol–water partition coefficient (Wildman–Crippen LogP) is 2.28. The zero-order valence-corrected chi connectivity index (χ0v) is 11.9. The SMILES string of the molecule is CSCCCCN=C(N)NCCc1ccccc1. The molecule has 18 heavy (non-hydrogen) atoms. The van der Waals surface area contributed by atoms with Gasteiger partial charge < -0.3 is 11.1 Å². The van der Waals surface area contributed by atoms with E-state index in [-0.39, 0.29) is 0 Å². The molecule has 1 rings (SSSR count). The van der Waals surface area contributed by atoms with Gasteiger partial charge in [0, 0.05) is 13.1 Å². The molecule has 0 aliphatic carbocycles. The summed E-state index contributed by atoms with van der Waals surface area (Å²) in [6.07, 6.45) is 5.43. The molecule has 0 saturated carbocycles. The molecule has 0 radical (unpaired) electrons. The van der Waals surface area contributed by atoms with Crippen LogP contribution in [0, 0.1) is 0 Å². The maximum absolute atomic E-state index is 5.79. The van der Waals surface area contributed by atoms with Gasteiger partial charge in [0.25, 0.3) is 0 Å². The quantitative estimate of drug-likeness (QED) is 0.431. The largest absolute Gasteiger partial charge is 0.370 e. The summed E-state index contributed by atoms with van der Waals surface area (Å²) in [5, 5.41) is 3.14. The van der Waals surface area contributed by atoms with Crippen LogP contribution in [-0.2, 0) is 6.42 Å². The molecular formula is C14H23N3S. The van der Waals surface area contributed by atoms with Crippen molar-refractivity contribution in [1.82, 2.24) is 5.32 Å². The molecule has 0 heterocycles. The van der Waals surface area contributed by atoms with Gasteiger partial charge in [-0.2, -0.15) is 11.8 Å². The van der Waals surface area contributed by atoms with Crippen molar-refractivity contribution in [3.63, 3.8) is 0 Å². The van der Waals surface area contributed by atoms with Crippen LogP contribution < -0.4 is 11.1 Å². The van der Waals surface area contributed by atoms with E-state index in [2.05, 4.69) is 40.8 Å². The number of hydrogen-bond donors (Lipinski definition) is 2. The summed E-state index contributed by atoms with van der Waals surface area (Å²) in [7, 11) is 0. The molecule has 0 aliphatic heterocycles. The molecule has 0 fully saturated rings. The van der Waals surface area contributed by atoms with Crippen LogP contribution in [0.25, 0.3) is 0 Å². The maximum atomic E-state index is 5.79. The van der Waals surface area contributed by atoms with Crippen LogP contribution >= 0.6 is 11.8 Å². The lowest BCUT2D eigenvalue weighted by Gasteiger charge is -2.05. The normalized spacial score (nSPS) is 11.5. The highest BCUT2D eigenvalue weighted by molar-refractivity contribution is 7.98. The van der Waals surface area contributed by atoms with Gasteiger partial charge in [-0.3, -0.25) is 4.99 Å². The van der Waals surface area contributed by atoms with E-state index in [0.29, 0.717) is 5.96 Å². The Morgan fingerprint density at radius 2 is 2.06 bits per heavy atom. The van der Waals surface area contributed by atoms with Crippen molar-refractivity contribution in [3.05, 3.63) is 35.9 Å². The van der Waals surface area contributed by atoms with E-state index in [1.54, 1.807) is 0 Å². The van der Waals surface area contributed by atoms with Gasteiger partial charge in [0.1, 0.15) is 0 Å². The number of guanidine groups is 1. The predicted molar refractivity (Wildman–Crippen MR) is 82.3 cm³/mol. The number of unbranched alkanes of at least 4 members (excludes halogenated alkanes) is 1. The second-order valence-electron chi connectivity index (χ2n) is 4.13. The fraction of sp³-hybridized carbons (Fsp3) is 0.500. The minimum absolute atomic E-state index is 0.565. The third-order valence-corrected chi connectivity index (χ3v) is 3.30. The minimum Gasteiger partial charge on any atom is -0.370 e. The first-order valence-corrected chi connectivity index (χ1v) is 7.79. The number of rotatable bonds is 8. The van der Waals surface area contributed by atoms with Gasteiger partial charge in [0.2, 0.25) is 0 Å². The van der Waals surface area contributed by atoms with Crippen molar-refractivity contribution in [1.29, 1.82) is 0 Å². The molecule has 0 aromatic heterocycles. The first-order valence-electron chi connectivity index (χ1n) is 6.39. The van der Waals surface area contributed by atoms with E-state index in [9.17, 15) is 0 Å². The van der Waals surface area contributed by atoms with Crippen LogP contribution in [0.5, 0.6) is 0 Å². The number of thioether (sulfide) groups is 1. The monoisotopic (exact) mass is 265 g/mol. The van der Waals surface area contributed by atoms with Gasteiger partial charge in [-0.15, -0.1) is 0 Å². The van der Waals surface area contributed by atoms with Gasteiger partial charge in [0.15, 0.2) is 5.96 Å². The van der Waals surface area contributed by atoms with Crippen LogP contribution in [0.2, 0.25) is 0 Å². The Morgan fingerprint density at radius 1 is 1.28 bits per heavy atom. The lowest BCUT2D eigenvalue weighted by molar-refractivity contribution is 0.796. The van der Waals surface area contributed by atoms with Crippen molar-refractivity contribution in [2.75, 3.05) is 25.1 Å². The number of benzene rings is 1. The molecule has 100 valence electrons. The molecule has 4 heteroatoms. The average molecular weight is 265 g/mol. The molecule has 0 unspecified atom stereocenters. The van der Waals surface area contributed by atoms with E-state index >= 15 is 0 Å². The average Bonchev–Trinajstić information content (AvgIpc) is 2.40. The Kier molecular flexibility index (Phi) is 8.13. The van der Waals surface area contributed by atoms with Gasteiger partial charge in [-0.25, -0.2) is 0 Å². The fourth-order valence-corrected chi connectivity index (χ4v) is 2.09. The Labute approximate surface area is 114 Å². The highest BCUT2D eigenvalue weighted by Gasteiger charge is 1.93. The number of hydrogen-bond acceptors (Lipinski definition) is 2. The Hall–Kier alpha value is -1.16. The number of nitrogens with two attached hydrogens (primary N) is 1. The summed E-state index contributed by atoms with van der Waals surface area (Å²) in [4.78, 5) is 4.30. The van der Waals surface area contributed by atoms with Crippen molar-refractivity contribution in [2.45, 2.75) is 19.3 Å². The van der Waals surface area contributed by atoms with Gasteiger partial charge in [0.05, 0.1) is 0 Å². The number of nitrogens with one attached hydrogen (secondary N) is 1. The third kappa shape index (κ3) is 7.22. The Balaban J connectivity index is 2.09. The van der Waals surface area contributed by atoms with E-state index in [1.807, 2.05) is 17.8 Å². The summed E-state index contributed by atoms with van der Waals surface area (Å²) in [6.45, 7) is 1.66. The van der Waals surface area contributed by atoms with Crippen LogP contribution in [0.1, 0.15) is 18.4 Å². The van der Waals surface area contributed by atoms with Gasteiger partial charge in [-0.1, -0.05) is 30.3 Å². The third-order valence-electron chi connectivity index (χ3n) is 2.60. The molecule has 0 saturated heterocycles. The summed E-state index contributed by atoms with van der Waals surface area (Å²) >= 11 is 1.88. The fourth-order valence-electron chi connectivity index (χ4n) is 1.59. The smallest absolute Gasteiger partial charge is 0.188 e. The molecule has 0 atom stereocenters. The zero-order valence-electron chi connectivity index (χ0n) is 11.1. The van der Waals surface area contributed by atoms with E-state index in [0.717, 1.165) is 25.9 Å². The van der Waals surface area contributed by atoms with Crippen LogP contribution in [-0.4, -0.2) is 31.1 Å². The molecule has 0 amide bonds. The van der Waals surface area contributed by atoms with Crippen molar-refractivity contribution in [2.24, 2.45) is 10.7 Å². The Morgan fingerprint density at radius 3 is 2.78 bits per heavy atom. The molecule has 0 aliphatic rings. The molecule has 3 N–H and O–H groups in total. The highest BCUT2D eigenvalue weighted by Crippen LogP contribution is 1.99. The molecule has 0 spiro atoms. The summed E-state index contributed by atoms with van der Waals surface area (Å²) in [6, 6.07) is 10.4. The van der Waals surface area contributed by atoms with E-state index < -0.39 is 0 Å². The second kappa shape index (κ2) is 9.83. The van der Waals surface area contributed by atoms with E-state index in [1.165, 1.54) is 17.7 Å². The minimum atomic E-state index is 0.565. The number of nitrogens with zero attached hydrogens (tertiary/aromatic N) is 1. The molecule has 3 nitrogen and oxygen atoms in total. The zero-order chi connectivity index (χ0) is 13.1. The number of aliphatic imine (C=N–C) groups is 1. The molecule has 1 aromatic carbocycles. The first kappa shape index (κ1) is 14.9. The van der Waals surface area contributed by atoms with Crippen LogP contribution in [0.4, 0.5) is 0 Å². The van der Waals surface area contributed by atoms with Crippen LogP contribution in [0.15, 0.2) is 35.3 Å². The Bertz CT molecular complexity index is 338. The molecule has 0 bridgehead atoms. The lowest BCUT2D eigenvalue weighted by atomic mass is 10.1. The summed E-state index contributed by atoms with van der Waals surface area (Å²) < 4.78 is 0. The van der Waals surface area contributed by atoms with Crippen molar-refractivity contribution >= 4 is 17.7 Å². The van der Waals surface area contributed by atoms with Crippen LogP contribution in [0.3, 0.4) is 0 Å². The van der Waals surface area contributed by atoms with Gasteiger partial charge in [-0.05, 0) is 36.8 Å². The van der Waals surface area contributed by atoms with Crippen molar-refractivity contribution < 1.29 is 0 Å². The standard InChI is InChI=1S/C14H23N3S/c1-18-12-6-5-10-16-14(15)17-11-9-13-7-3-2-4-8-13/h2-4,7-8H,5-6,9-12H2,1H3,(H3,15,16,17). The lowest BCUT2D eigenvalue weighted by Crippen LogP contribution is -2.33. The van der Waals surface area contributed by atoms with Crippen molar-refractivity contribution in [3.8, 4) is 0 Å². The molecule has 1 aromatic rings. The maximum Gasteiger partial charge on any atom is 0.188 e. The highest BCUT2D eigenvalue weighted by atomic mass is 32.2. The van der Waals surface area contributed by atoms with E-state index in [4.69, 9.17) is 5.73 Å². The first-order chi connectivity index (χ1) is 8.83. The second-order valence-corrected chi connectivity index (χ2v) is 5.11.